The summed E-state index contributed by atoms with van der Waals surface area (Å²) in [7, 11) is 0. The molecule has 3 aromatic rings. The molecule has 0 bridgehead atoms. The second-order valence-corrected chi connectivity index (χ2v) is 6.70. The smallest absolute Gasteiger partial charge is 0.295 e. The van der Waals surface area contributed by atoms with Crippen LogP contribution in [0.4, 0.5) is 5.69 Å². The van der Waals surface area contributed by atoms with Crippen molar-refractivity contribution in [3.8, 4) is 11.3 Å². The van der Waals surface area contributed by atoms with Gasteiger partial charge in [-0.05, 0) is 36.4 Å². The maximum atomic E-state index is 11.3. The zero-order chi connectivity index (χ0) is 16.4. The van der Waals surface area contributed by atoms with E-state index in [-0.39, 0.29) is 5.69 Å². The molecule has 0 amide bonds. The summed E-state index contributed by atoms with van der Waals surface area (Å²) in [6.07, 6.45) is 0. The lowest BCUT2D eigenvalue weighted by molar-refractivity contribution is -0.384. The van der Waals surface area contributed by atoms with Gasteiger partial charge in [0.05, 0.1) is 9.95 Å². The molecule has 0 saturated heterocycles. The Morgan fingerprint density at radius 1 is 0.957 bits per heavy atom. The number of halogens is 2. The monoisotopic (exact) mass is 364 g/mol. The lowest BCUT2D eigenvalue weighted by Gasteiger charge is -2.00. The van der Waals surface area contributed by atoms with Gasteiger partial charge in [0.2, 0.25) is 0 Å². The maximum Gasteiger partial charge on any atom is 0.295 e. The van der Waals surface area contributed by atoms with Crippen LogP contribution in [-0.2, 0) is 0 Å². The molecule has 0 fully saturated rings. The number of nitro groups is 1. The first-order chi connectivity index (χ1) is 11.0. The number of H-pyrrole nitrogens is 1. The highest BCUT2D eigenvalue weighted by atomic mass is 35.5. The van der Waals surface area contributed by atoms with Crippen LogP contribution in [0.2, 0.25) is 10.0 Å². The average Bonchev–Trinajstić information content (AvgIpc) is 2.94. The minimum absolute atomic E-state index is 0.0313. The molecular weight excluding hydrogens is 355 g/mol. The molecule has 0 saturated carbocycles. The van der Waals surface area contributed by atoms with Crippen LogP contribution in [0.3, 0.4) is 0 Å². The van der Waals surface area contributed by atoms with Gasteiger partial charge in [0.15, 0.2) is 0 Å². The maximum absolute atomic E-state index is 11.3. The van der Waals surface area contributed by atoms with Gasteiger partial charge in [-0.1, -0.05) is 47.1 Å². The summed E-state index contributed by atoms with van der Waals surface area (Å²) in [6, 6.07) is 15.7. The average molecular weight is 365 g/mol. The molecule has 0 atom stereocenters. The van der Waals surface area contributed by atoms with Gasteiger partial charge in [0.25, 0.3) is 5.69 Å². The highest BCUT2D eigenvalue weighted by Gasteiger charge is 2.20. The third-order valence-corrected chi connectivity index (χ3v) is 4.59. The highest BCUT2D eigenvalue weighted by molar-refractivity contribution is 7.99. The number of nitrogens with zero attached hydrogens (tertiary/aromatic N) is 1. The minimum Gasteiger partial charge on any atom is -0.344 e. The molecule has 0 spiro atoms. The van der Waals surface area contributed by atoms with Crippen LogP contribution in [0, 0.1) is 10.1 Å². The van der Waals surface area contributed by atoms with Gasteiger partial charge in [0, 0.05) is 26.6 Å². The van der Waals surface area contributed by atoms with Crippen molar-refractivity contribution < 1.29 is 4.92 Å². The SMILES string of the molecule is O=[N+]([O-])c1cc(Sc2ccc(Cl)cc2)[nH]c1-c1ccc(Cl)cc1. The standard InChI is InChI=1S/C16H10Cl2N2O2S/c17-11-3-1-10(2-4-11)16-14(20(21)22)9-15(19-16)23-13-7-5-12(18)6-8-13/h1-9,19H. The van der Waals surface area contributed by atoms with Gasteiger partial charge in [-0.15, -0.1) is 0 Å². The molecule has 1 heterocycles. The van der Waals surface area contributed by atoms with Crippen LogP contribution >= 0.6 is 35.0 Å². The fraction of sp³-hybridized carbons (Fsp3) is 0. The zero-order valence-electron chi connectivity index (χ0n) is 11.6. The Morgan fingerprint density at radius 2 is 1.52 bits per heavy atom. The number of rotatable bonds is 4. The number of aromatic nitrogens is 1. The Bertz CT molecular complexity index is 846. The summed E-state index contributed by atoms with van der Waals surface area (Å²) in [5.74, 6) is 0. The molecule has 116 valence electrons. The highest BCUT2D eigenvalue weighted by Crippen LogP contribution is 2.37. The second kappa shape index (κ2) is 6.66. The van der Waals surface area contributed by atoms with E-state index in [1.165, 1.54) is 17.8 Å². The molecule has 0 aliphatic rings. The van der Waals surface area contributed by atoms with Crippen LogP contribution in [0.5, 0.6) is 0 Å². The van der Waals surface area contributed by atoms with Gasteiger partial charge in [0.1, 0.15) is 5.69 Å². The molecule has 7 heteroatoms. The van der Waals surface area contributed by atoms with Gasteiger partial charge in [-0.25, -0.2) is 0 Å². The Labute approximate surface area is 146 Å². The van der Waals surface area contributed by atoms with E-state index in [4.69, 9.17) is 23.2 Å². The van der Waals surface area contributed by atoms with Gasteiger partial charge >= 0.3 is 0 Å². The molecule has 3 rings (SSSR count). The molecular formula is C16H10Cl2N2O2S. The predicted octanol–water partition coefficient (Wildman–Crippen LogP) is 6.05. The van der Waals surface area contributed by atoms with Crippen molar-refractivity contribution >= 4 is 40.7 Å². The third-order valence-electron chi connectivity index (χ3n) is 3.14. The molecule has 0 radical (unpaired) electrons. The normalized spacial score (nSPS) is 10.7. The van der Waals surface area contributed by atoms with Crippen molar-refractivity contribution in [2.24, 2.45) is 0 Å². The first kappa shape index (κ1) is 15.9. The van der Waals surface area contributed by atoms with Crippen LogP contribution in [0.25, 0.3) is 11.3 Å². The van der Waals surface area contributed by atoms with Crippen LogP contribution in [0.1, 0.15) is 0 Å². The van der Waals surface area contributed by atoms with Crippen molar-refractivity contribution in [3.63, 3.8) is 0 Å². The first-order valence-corrected chi connectivity index (χ1v) is 8.17. The van der Waals surface area contributed by atoms with Crippen LogP contribution < -0.4 is 0 Å². The summed E-state index contributed by atoms with van der Waals surface area (Å²) in [5.41, 5.74) is 1.20. The Hall–Kier alpha value is -1.95. The van der Waals surface area contributed by atoms with Crippen molar-refractivity contribution in [2.45, 2.75) is 9.92 Å². The Kier molecular flexibility index (Phi) is 4.61. The number of aromatic amines is 1. The topological polar surface area (TPSA) is 58.9 Å². The fourth-order valence-corrected chi connectivity index (χ4v) is 3.19. The third kappa shape index (κ3) is 3.69. The van der Waals surface area contributed by atoms with E-state index in [2.05, 4.69) is 4.98 Å². The van der Waals surface area contributed by atoms with E-state index in [0.717, 1.165) is 4.90 Å². The Balaban J connectivity index is 1.96. The van der Waals surface area contributed by atoms with E-state index in [9.17, 15) is 10.1 Å². The molecule has 0 unspecified atom stereocenters. The van der Waals surface area contributed by atoms with Crippen molar-refractivity contribution in [1.29, 1.82) is 0 Å². The van der Waals surface area contributed by atoms with Gasteiger partial charge in [-0.3, -0.25) is 10.1 Å². The fourth-order valence-electron chi connectivity index (χ4n) is 2.08. The molecule has 1 N–H and O–H groups in total. The lowest BCUT2D eigenvalue weighted by Crippen LogP contribution is -1.88. The molecule has 2 aromatic carbocycles. The zero-order valence-corrected chi connectivity index (χ0v) is 14.0. The second-order valence-electron chi connectivity index (χ2n) is 4.71. The number of benzene rings is 2. The minimum atomic E-state index is -0.396. The molecule has 0 aliphatic heterocycles. The molecule has 4 nitrogen and oxygen atoms in total. The molecule has 1 aromatic heterocycles. The molecule has 0 aliphatic carbocycles. The summed E-state index contributed by atoms with van der Waals surface area (Å²) >= 11 is 13.1. The summed E-state index contributed by atoms with van der Waals surface area (Å²) < 4.78 is 0. The number of hydrogen-bond donors (Lipinski definition) is 1. The van der Waals surface area contributed by atoms with E-state index in [1.807, 2.05) is 12.1 Å². The summed E-state index contributed by atoms with van der Waals surface area (Å²) in [5, 5.41) is 13.2. The van der Waals surface area contributed by atoms with E-state index < -0.39 is 4.92 Å². The summed E-state index contributed by atoms with van der Waals surface area (Å²) in [4.78, 5) is 15.0. The Morgan fingerprint density at radius 3 is 2.09 bits per heavy atom. The van der Waals surface area contributed by atoms with Crippen LogP contribution in [0.15, 0.2) is 64.5 Å². The quantitative estimate of drug-likeness (QED) is 0.452. The van der Waals surface area contributed by atoms with Crippen molar-refractivity contribution in [3.05, 3.63) is 74.8 Å². The van der Waals surface area contributed by atoms with E-state index >= 15 is 0 Å². The van der Waals surface area contributed by atoms with E-state index in [0.29, 0.717) is 26.3 Å². The van der Waals surface area contributed by atoms with Crippen molar-refractivity contribution in [2.75, 3.05) is 0 Å². The largest absolute Gasteiger partial charge is 0.344 e. The lowest BCUT2D eigenvalue weighted by atomic mass is 10.1. The molecule has 23 heavy (non-hydrogen) atoms. The van der Waals surface area contributed by atoms with E-state index in [1.54, 1.807) is 36.4 Å². The summed E-state index contributed by atoms with van der Waals surface area (Å²) in [6.45, 7) is 0. The van der Waals surface area contributed by atoms with Crippen molar-refractivity contribution in [1.82, 2.24) is 4.98 Å². The van der Waals surface area contributed by atoms with Gasteiger partial charge in [-0.2, -0.15) is 0 Å². The first-order valence-electron chi connectivity index (χ1n) is 6.60. The predicted molar refractivity (Wildman–Crippen MR) is 93.5 cm³/mol. The van der Waals surface area contributed by atoms with Crippen LogP contribution in [-0.4, -0.2) is 9.91 Å². The van der Waals surface area contributed by atoms with Gasteiger partial charge < -0.3 is 4.98 Å². The number of hydrogen-bond acceptors (Lipinski definition) is 3. The number of nitrogens with one attached hydrogen (secondary N) is 1.